The van der Waals surface area contributed by atoms with Gasteiger partial charge in [0.05, 0.1) is 23.3 Å². The van der Waals surface area contributed by atoms with Crippen molar-refractivity contribution in [2.24, 2.45) is 0 Å². The molecule has 8 nitrogen and oxygen atoms in total. The van der Waals surface area contributed by atoms with Crippen molar-refractivity contribution in [3.63, 3.8) is 0 Å². The van der Waals surface area contributed by atoms with Gasteiger partial charge in [-0.15, -0.1) is 0 Å². The molecular weight excluding hydrogens is 378 g/mol. The van der Waals surface area contributed by atoms with Gasteiger partial charge < -0.3 is 5.32 Å². The van der Waals surface area contributed by atoms with Crippen LogP contribution in [0.1, 0.15) is 39.6 Å². The van der Waals surface area contributed by atoms with Crippen LogP contribution in [0.15, 0.2) is 42.9 Å². The summed E-state index contributed by atoms with van der Waals surface area (Å²) >= 11 is 0. The van der Waals surface area contributed by atoms with Crippen LogP contribution < -0.4 is 5.32 Å². The highest BCUT2D eigenvalue weighted by molar-refractivity contribution is 5.99. The molecule has 0 fully saturated rings. The fourth-order valence-electron chi connectivity index (χ4n) is 4.25. The van der Waals surface area contributed by atoms with Gasteiger partial charge in [0.2, 0.25) is 0 Å². The summed E-state index contributed by atoms with van der Waals surface area (Å²) in [4.78, 5) is 27.2. The number of hydrogen-bond donors (Lipinski definition) is 1. The second-order valence-electron chi connectivity index (χ2n) is 7.61. The van der Waals surface area contributed by atoms with Crippen molar-refractivity contribution >= 4 is 17.1 Å². The van der Waals surface area contributed by atoms with Gasteiger partial charge in [0, 0.05) is 43.0 Å². The number of hydrogen-bond acceptors (Lipinski definition) is 5. The molecule has 4 aromatic rings. The third kappa shape index (κ3) is 2.50. The maximum absolute atomic E-state index is 13.0. The fraction of sp³-hybridized carbons (Fsp3) is 0.227. The van der Waals surface area contributed by atoms with Crippen LogP contribution in [0, 0.1) is 6.92 Å². The zero-order chi connectivity index (χ0) is 20.2. The Morgan fingerprint density at radius 2 is 2.10 bits per heavy atom. The molecule has 8 heteroatoms. The van der Waals surface area contributed by atoms with E-state index in [0.29, 0.717) is 29.3 Å². The summed E-state index contributed by atoms with van der Waals surface area (Å²) in [6, 6.07) is 5.71. The van der Waals surface area contributed by atoms with Gasteiger partial charge in [0.1, 0.15) is 17.0 Å². The summed E-state index contributed by atoms with van der Waals surface area (Å²) < 4.78 is 3.84. The predicted octanol–water partition coefficient (Wildman–Crippen LogP) is 2.42. The number of amides is 1. The Hall–Kier alpha value is -3.81. The predicted molar refractivity (Wildman–Crippen MR) is 111 cm³/mol. The molecule has 2 aliphatic rings. The zero-order valence-electron chi connectivity index (χ0n) is 16.5. The number of carbonyl (C=O) groups is 1. The van der Waals surface area contributed by atoms with Crippen LogP contribution >= 0.6 is 0 Å². The van der Waals surface area contributed by atoms with Gasteiger partial charge in [0.25, 0.3) is 5.91 Å². The van der Waals surface area contributed by atoms with E-state index < -0.39 is 0 Å². The third-order valence-electron chi connectivity index (χ3n) is 5.68. The average Bonchev–Trinajstić information content (AvgIpc) is 3.44. The number of rotatable bonds is 0. The van der Waals surface area contributed by atoms with Crippen LogP contribution in [0.25, 0.3) is 22.6 Å². The highest BCUT2D eigenvalue weighted by Crippen LogP contribution is 2.34. The molecule has 0 spiro atoms. The van der Waals surface area contributed by atoms with Crippen LogP contribution in [-0.2, 0) is 13.0 Å². The largest absolute Gasteiger partial charge is 0.351 e. The van der Waals surface area contributed by atoms with Crippen molar-refractivity contribution in [2.45, 2.75) is 26.3 Å². The van der Waals surface area contributed by atoms with Gasteiger partial charge >= 0.3 is 0 Å². The first kappa shape index (κ1) is 17.1. The van der Waals surface area contributed by atoms with Gasteiger partial charge in [-0.05, 0) is 25.5 Å². The molecule has 1 N–H and O–H groups in total. The molecular formula is C22H19N7O. The third-order valence-corrected chi connectivity index (χ3v) is 5.68. The molecule has 0 unspecified atom stereocenters. The first-order chi connectivity index (χ1) is 14.7. The lowest BCUT2D eigenvalue weighted by molar-refractivity contribution is 0.0949. The zero-order valence-corrected chi connectivity index (χ0v) is 16.5. The van der Waals surface area contributed by atoms with E-state index in [0.717, 1.165) is 47.6 Å². The van der Waals surface area contributed by atoms with Crippen molar-refractivity contribution in [1.29, 1.82) is 0 Å². The monoisotopic (exact) mass is 397 g/mol. The molecule has 30 heavy (non-hydrogen) atoms. The first-order valence-electron chi connectivity index (χ1n) is 10.1. The average molecular weight is 397 g/mol. The maximum Gasteiger partial charge on any atom is 0.272 e. The lowest BCUT2D eigenvalue weighted by Crippen LogP contribution is -2.26. The van der Waals surface area contributed by atoms with E-state index in [1.54, 1.807) is 6.20 Å². The smallest absolute Gasteiger partial charge is 0.272 e. The molecule has 5 heterocycles. The van der Waals surface area contributed by atoms with Gasteiger partial charge in [-0.3, -0.25) is 18.9 Å². The van der Waals surface area contributed by atoms with E-state index in [4.69, 9.17) is 4.98 Å². The first-order valence-corrected chi connectivity index (χ1v) is 10.1. The van der Waals surface area contributed by atoms with Gasteiger partial charge in [-0.25, -0.2) is 9.97 Å². The van der Waals surface area contributed by atoms with Crippen molar-refractivity contribution in [3.8, 4) is 11.4 Å². The highest BCUT2D eigenvalue weighted by Gasteiger charge is 2.26. The number of imidazole rings is 1. The second-order valence-corrected chi connectivity index (χ2v) is 7.61. The molecule has 6 rings (SSSR count). The number of allylic oxidation sites excluding steroid dienone is 1. The minimum atomic E-state index is -0.207. The molecule has 1 amide bonds. The van der Waals surface area contributed by atoms with E-state index in [2.05, 4.69) is 32.7 Å². The Morgan fingerprint density at radius 1 is 1.17 bits per heavy atom. The van der Waals surface area contributed by atoms with Crippen molar-refractivity contribution < 1.29 is 4.79 Å². The summed E-state index contributed by atoms with van der Waals surface area (Å²) in [5, 5.41) is 7.65. The summed E-state index contributed by atoms with van der Waals surface area (Å²) in [5.41, 5.74) is 7.26. The molecule has 1 aliphatic heterocycles. The van der Waals surface area contributed by atoms with Crippen LogP contribution in [-0.4, -0.2) is 41.6 Å². The van der Waals surface area contributed by atoms with E-state index in [-0.39, 0.29) is 5.91 Å². The second kappa shape index (κ2) is 6.35. The highest BCUT2D eigenvalue weighted by atomic mass is 16.1. The van der Waals surface area contributed by atoms with Crippen LogP contribution in [0.4, 0.5) is 0 Å². The molecule has 148 valence electrons. The molecule has 0 aromatic carbocycles. The number of aromatic nitrogens is 6. The Balaban J connectivity index is 1.62. The summed E-state index contributed by atoms with van der Waals surface area (Å²) in [6.45, 7) is 3.29. The Kier molecular flexibility index (Phi) is 3.61. The fourth-order valence-corrected chi connectivity index (χ4v) is 4.25. The quantitative estimate of drug-likeness (QED) is 0.492. The minimum Gasteiger partial charge on any atom is -0.351 e. The Morgan fingerprint density at radius 3 is 3.03 bits per heavy atom. The molecule has 0 atom stereocenters. The van der Waals surface area contributed by atoms with Crippen molar-refractivity contribution in [3.05, 3.63) is 71.2 Å². The SMILES string of the molecule is Cc1nn2cc1C1=CCc3ncc(nc31)-c1c(nc3ccccn13)C(=O)NCCC2. The van der Waals surface area contributed by atoms with Crippen LogP contribution in [0.2, 0.25) is 0 Å². The number of nitrogens with one attached hydrogen (secondary N) is 1. The lowest BCUT2D eigenvalue weighted by atomic mass is 10.1. The van der Waals surface area contributed by atoms with E-state index in [1.807, 2.05) is 40.4 Å². The number of carbonyl (C=O) groups excluding carboxylic acids is 1. The van der Waals surface area contributed by atoms with Gasteiger partial charge in [-0.1, -0.05) is 12.1 Å². The summed E-state index contributed by atoms with van der Waals surface area (Å²) in [5.74, 6) is -0.207. The van der Waals surface area contributed by atoms with E-state index in [1.165, 1.54) is 0 Å². The van der Waals surface area contributed by atoms with Crippen LogP contribution in [0.3, 0.4) is 0 Å². The van der Waals surface area contributed by atoms with E-state index >= 15 is 0 Å². The molecule has 0 saturated carbocycles. The Bertz CT molecular complexity index is 1360. The summed E-state index contributed by atoms with van der Waals surface area (Å²) in [6.07, 6.45) is 9.39. The standard InChI is InChI=1S/C22H19N7O/c1-13-15-12-28(27-13)9-4-8-23-22(30)20-21(29-10-3-2-5-18(29)26-20)17-11-24-16-7-6-14(15)19(16)25-17/h2-3,5-6,10-12H,4,7-9H2,1H3,(H,23,30). The Labute approximate surface area is 172 Å². The van der Waals surface area contributed by atoms with Crippen LogP contribution in [0.5, 0.6) is 0 Å². The number of fused-ring (bicyclic) bond motifs is 8. The van der Waals surface area contributed by atoms with Gasteiger partial charge in [0.15, 0.2) is 5.69 Å². The normalized spacial score (nSPS) is 15.5. The molecule has 4 aromatic heterocycles. The topological polar surface area (TPSA) is 90.0 Å². The number of nitrogens with zero attached hydrogens (tertiary/aromatic N) is 6. The molecule has 0 saturated heterocycles. The molecule has 0 radical (unpaired) electrons. The number of aryl methyl sites for hydroxylation is 2. The molecule has 4 bridgehead atoms. The van der Waals surface area contributed by atoms with Crippen molar-refractivity contribution in [2.75, 3.05) is 6.54 Å². The lowest BCUT2D eigenvalue weighted by Gasteiger charge is -2.10. The maximum atomic E-state index is 13.0. The van der Waals surface area contributed by atoms with E-state index in [9.17, 15) is 4.79 Å². The molecule has 1 aliphatic carbocycles. The van der Waals surface area contributed by atoms with Gasteiger partial charge in [-0.2, -0.15) is 5.10 Å². The minimum absolute atomic E-state index is 0.207. The number of pyridine rings is 1. The van der Waals surface area contributed by atoms with Crippen molar-refractivity contribution in [1.82, 2.24) is 34.4 Å². The summed E-state index contributed by atoms with van der Waals surface area (Å²) in [7, 11) is 0.